The van der Waals surface area contributed by atoms with Gasteiger partial charge in [-0.05, 0) is 0 Å². The van der Waals surface area contributed by atoms with E-state index in [1.165, 1.54) is 0 Å². The molecule has 5 atom stereocenters. The van der Waals surface area contributed by atoms with Crippen LogP contribution < -0.4 is 0 Å². The van der Waals surface area contributed by atoms with Gasteiger partial charge in [0.05, 0.1) is 0 Å². The van der Waals surface area contributed by atoms with E-state index in [0.29, 0.717) is 0 Å². The van der Waals surface area contributed by atoms with Crippen molar-refractivity contribution in [2.24, 2.45) is 0 Å². The Morgan fingerprint density at radius 2 is 1.58 bits per heavy atom. The van der Waals surface area contributed by atoms with Crippen LogP contribution in [0.4, 0.5) is 4.39 Å². The molecule has 72 valence electrons. The van der Waals surface area contributed by atoms with E-state index in [1.54, 1.807) is 0 Å². The van der Waals surface area contributed by atoms with E-state index >= 15 is 0 Å². The van der Waals surface area contributed by atoms with Crippen molar-refractivity contribution < 1.29 is 29.6 Å². The molecule has 4 N–H and O–H groups in total. The number of hydrogen-bond acceptors (Lipinski definition) is 5. The molecule has 5 nitrogen and oxygen atoms in total. The zero-order valence-electron chi connectivity index (χ0n) is 6.17. The van der Waals surface area contributed by atoms with E-state index in [-0.39, 0.29) is 0 Å². The Bertz CT molecular complexity index is 150. The van der Waals surface area contributed by atoms with Crippen molar-refractivity contribution in [2.75, 3.05) is 6.67 Å². The lowest BCUT2D eigenvalue weighted by Gasteiger charge is -2.37. The van der Waals surface area contributed by atoms with Gasteiger partial charge in [0.2, 0.25) is 0 Å². The zero-order valence-corrected chi connectivity index (χ0v) is 6.17. The summed E-state index contributed by atoms with van der Waals surface area (Å²) in [5.74, 6) is 0. The van der Waals surface area contributed by atoms with Gasteiger partial charge in [0.15, 0.2) is 6.29 Å². The highest BCUT2D eigenvalue weighted by Crippen LogP contribution is 2.19. The first-order valence-electron chi connectivity index (χ1n) is 3.51. The number of halogens is 1. The van der Waals surface area contributed by atoms with E-state index < -0.39 is 37.4 Å². The molecule has 1 saturated heterocycles. The van der Waals surface area contributed by atoms with Crippen LogP contribution in [0.3, 0.4) is 0 Å². The number of rotatable bonds is 1. The molecule has 1 heterocycles. The quantitative estimate of drug-likeness (QED) is 0.368. The standard InChI is InChI=1S/C6H11FO5/c7-1-2-3(8)4(9)5(10)6(11)12-2/h2-6,8-11H,1H2/t2-,3+,4+,5-,6+/m0/s1. The van der Waals surface area contributed by atoms with Crippen molar-refractivity contribution in [3.8, 4) is 0 Å². The first kappa shape index (κ1) is 9.82. The maximum Gasteiger partial charge on any atom is 0.184 e. The monoisotopic (exact) mass is 182 g/mol. The fourth-order valence-electron chi connectivity index (χ4n) is 1.06. The molecule has 1 rings (SSSR count). The minimum Gasteiger partial charge on any atom is -0.387 e. The second kappa shape index (κ2) is 3.63. The molecule has 12 heavy (non-hydrogen) atoms. The molecule has 0 spiro atoms. The summed E-state index contributed by atoms with van der Waals surface area (Å²) in [5, 5.41) is 35.8. The van der Waals surface area contributed by atoms with Crippen molar-refractivity contribution in [3.63, 3.8) is 0 Å². The van der Waals surface area contributed by atoms with Crippen LogP contribution >= 0.6 is 0 Å². The number of hydrogen-bond donors (Lipinski definition) is 4. The second-order valence-electron chi connectivity index (χ2n) is 2.69. The summed E-state index contributed by atoms with van der Waals surface area (Å²) < 4.78 is 16.5. The summed E-state index contributed by atoms with van der Waals surface area (Å²) in [4.78, 5) is 0. The first-order valence-corrected chi connectivity index (χ1v) is 3.51. The number of alkyl halides is 1. The van der Waals surface area contributed by atoms with Gasteiger partial charge in [-0.3, -0.25) is 0 Å². The summed E-state index contributed by atoms with van der Waals surface area (Å²) in [5.41, 5.74) is 0. The van der Waals surface area contributed by atoms with Crippen molar-refractivity contribution >= 4 is 0 Å². The van der Waals surface area contributed by atoms with Crippen LogP contribution in [0.15, 0.2) is 0 Å². The minimum atomic E-state index is -1.65. The molecule has 0 aromatic carbocycles. The smallest absolute Gasteiger partial charge is 0.184 e. The molecule has 1 aliphatic heterocycles. The average Bonchev–Trinajstić information content (AvgIpc) is 2.08. The van der Waals surface area contributed by atoms with Crippen LogP contribution in [0.1, 0.15) is 0 Å². The van der Waals surface area contributed by atoms with Gasteiger partial charge in [0.1, 0.15) is 31.1 Å². The van der Waals surface area contributed by atoms with Crippen LogP contribution in [0.5, 0.6) is 0 Å². The van der Waals surface area contributed by atoms with Gasteiger partial charge in [-0.25, -0.2) is 4.39 Å². The van der Waals surface area contributed by atoms with E-state index in [1.807, 2.05) is 0 Å². The summed E-state index contributed by atoms with van der Waals surface area (Å²) in [6.07, 6.45) is -7.60. The van der Waals surface area contributed by atoms with Crippen LogP contribution in [0.2, 0.25) is 0 Å². The molecule has 0 unspecified atom stereocenters. The van der Waals surface area contributed by atoms with E-state index in [9.17, 15) is 4.39 Å². The molecule has 0 aliphatic carbocycles. The van der Waals surface area contributed by atoms with E-state index in [2.05, 4.69) is 4.74 Å². The highest BCUT2D eigenvalue weighted by molar-refractivity contribution is 4.88. The maximum absolute atomic E-state index is 12.0. The molecular formula is C6H11FO5. The van der Waals surface area contributed by atoms with Gasteiger partial charge in [0, 0.05) is 0 Å². The average molecular weight is 182 g/mol. The first-order chi connectivity index (χ1) is 5.57. The molecule has 0 aromatic heterocycles. The molecule has 0 aromatic rings. The van der Waals surface area contributed by atoms with Gasteiger partial charge in [0.25, 0.3) is 0 Å². The predicted octanol–water partition coefficient (Wildman–Crippen LogP) is -2.24. The molecule has 0 saturated carbocycles. The van der Waals surface area contributed by atoms with Crippen molar-refractivity contribution in [2.45, 2.75) is 30.7 Å². The van der Waals surface area contributed by atoms with Crippen molar-refractivity contribution in [3.05, 3.63) is 0 Å². The lowest BCUT2D eigenvalue weighted by atomic mass is 10.00. The molecular weight excluding hydrogens is 171 g/mol. The summed E-state index contributed by atoms with van der Waals surface area (Å²) in [6, 6.07) is 0. The van der Waals surface area contributed by atoms with Gasteiger partial charge >= 0.3 is 0 Å². The molecule has 0 amide bonds. The van der Waals surface area contributed by atoms with Crippen LogP contribution in [-0.2, 0) is 4.74 Å². The van der Waals surface area contributed by atoms with Gasteiger partial charge in [-0.1, -0.05) is 0 Å². The Hall–Kier alpha value is -0.270. The second-order valence-corrected chi connectivity index (χ2v) is 2.69. The topological polar surface area (TPSA) is 90.2 Å². The predicted molar refractivity (Wildman–Crippen MR) is 34.9 cm³/mol. The van der Waals surface area contributed by atoms with Crippen LogP contribution in [0.25, 0.3) is 0 Å². The highest BCUT2D eigenvalue weighted by Gasteiger charge is 2.42. The normalized spacial score (nSPS) is 49.2. The summed E-state index contributed by atoms with van der Waals surface area (Å²) in [6.45, 7) is -1.03. The SMILES string of the molecule is O[C@H]1[C@H](O)[C@H](O)O[C@@H](CF)[C@H]1O. The Labute approximate surface area is 68.0 Å². The Morgan fingerprint density at radius 1 is 1.00 bits per heavy atom. The lowest BCUT2D eigenvalue weighted by molar-refractivity contribution is -0.283. The summed E-state index contributed by atoms with van der Waals surface area (Å²) in [7, 11) is 0. The summed E-state index contributed by atoms with van der Waals surface area (Å²) >= 11 is 0. The fraction of sp³-hybridized carbons (Fsp3) is 1.00. The maximum atomic E-state index is 12.0. The highest BCUT2D eigenvalue weighted by atomic mass is 19.1. The number of ether oxygens (including phenoxy) is 1. The molecule has 6 heteroatoms. The molecule has 0 radical (unpaired) electrons. The number of aliphatic hydroxyl groups is 4. The number of aliphatic hydroxyl groups excluding tert-OH is 4. The van der Waals surface area contributed by atoms with Crippen molar-refractivity contribution in [1.82, 2.24) is 0 Å². The fourth-order valence-corrected chi connectivity index (χ4v) is 1.06. The third-order valence-corrected chi connectivity index (χ3v) is 1.84. The van der Waals surface area contributed by atoms with Crippen molar-refractivity contribution in [1.29, 1.82) is 0 Å². The van der Waals surface area contributed by atoms with Gasteiger partial charge < -0.3 is 25.2 Å². The van der Waals surface area contributed by atoms with Gasteiger partial charge in [-0.15, -0.1) is 0 Å². The zero-order chi connectivity index (χ0) is 9.30. The van der Waals surface area contributed by atoms with Crippen LogP contribution in [-0.4, -0.2) is 57.8 Å². The third kappa shape index (κ3) is 1.57. The molecule has 1 aliphatic rings. The Morgan fingerprint density at radius 3 is 2.08 bits per heavy atom. The Kier molecular flexibility index (Phi) is 2.97. The van der Waals surface area contributed by atoms with E-state index in [4.69, 9.17) is 20.4 Å². The minimum absolute atomic E-state index is 1.03. The largest absolute Gasteiger partial charge is 0.387 e. The molecule has 1 fully saturated rings. The van der Waals surface area contributed by atoms with Gasteiger partial charge in [-0.2, -0.15) is 0 Å². The third-order valence-electron chi connectivity index (χ3n) is 1.84. The molecule has 0 bridgehead atoms. The Balaban J connectivity index is 2.63. The van der Waals surface area contributed by atoms with E-state index in [0.717, 1.165) is 0 Å². The van der Waals surface area contributed by atoms with Crippen LogP contribution in [0, 0.1) is 0 Å². The lowest BCUT2D eigenvalue weighted by Crippen LogP contribution is -2.58.